The maximum absolute atomic E-state index is 15.1. The Kier molecular flexibility index (Phi) is 5.88. The predicted molar refractivity (Wildman–Crippen MR) is 99.5 cm³/mol. The van der Waals surface area contributed by atoms with Gasteiger partial charge in [0.2, 0.25) is 5.91 Å². The summed E-state index contributed by atoms with van der Waals surface area (Å²) in [4.78, 5) is 16.4. The summed E-state index contributed by atoms with van der Waals surface area (Å²) in [7, 11) is 0. The van der Waals surface area contributed by atoms with Crippen LogP contribution < -0.4 is 0 Å². The number of rotatable bonds is 4. The zero-order valence-electron chi connectivity index (χ0n) is 15.1. The van der Waals surface area contributed by atoms with Crippen molar-refractivity contribution in [3.8, 4) is 0 Å². The van der Waals surface area contributed by atoms with E-state index in [1.54, 1.807) is 12.1 Å². The topological polar surface area (TPSA) is 23.6 Å². The number of carbonyl (C=O) groups is 1. The maximum Gasteiger partial charge on any atom is 0.225 e. The summed E-state index contributed by atoms with van der Waals surface area (Å²) in [5, 5.41) is 0. The molecular weight excluding hydrogens is 358 g/mol. The first-order valence-corrected chi connectivity index (χ1v) is 9.54. The fourth-order valence-electron chi connectivity index (χ4n) is 4.46. The van der Waals surface area contributed by atoms with Crippen molar-refractivity contribution in [2.45, 2.75) is 50.7 Å². The monoisotopic (exact) mass is 384 g/mol. The van der Waals surface area contributed by atoms with Crippen LogP contribution in [0.15, 0.2) is 18.2 Å². The number of hydrogen-bond acceptors (Lipinski definition) is 2. The second-order valence-corrected chi connectivity index (χ2v) is 7.89. The number of likely N-dealkylation sites (tertiary alicyclic amines) is 2. The SMILES string of the molecule is Cl.O=C(C1CC(F)(c2ccc(CN3CCCC3)c(F)c2)C1)N1CCCC1. The third kappa shape index (κ3) is 3.74. The summed E-state index contributed by atoms with van der Waals surface area (Å²) in [6, 6.07) is 4.78. The molecule has 0 radical (unpaired) electrons. The van der Waals surface area contributed by atoms with Gasteiger partial charge in [0, 0.05) is 31.1 Å². The number of nitrogens with zero attached hydrogens (tertiary/aromatic N) is 2. The largest absolute Gasteiger partial charge is 0.342 e. The van der Waals surface area contributed by atoms with Crippen molar-refractivity contribution in [1.82, 2.24) is 9.80 Å². The Morgan fingerprint density at radius 2 is 1.69 bits per heavy atom. The summed E-state index contributed by atoms with van der Waals surface area (Å²) in [5.41, 5.74) is -0.522. The van der Waals surface area contributed by atoms with Gasteiger partial charge in [-0.2, -0.15) is 0 Å². The second kappa shape index (κ2) is 7.81. The predicted octanol–water partition coefficient (Wildman–Crippen LogP) is 4.04. The van der Waals surface area contributed by atoms with E-state index in [2.05, 4.69) is 4.90 Å². The highest BCUT2D eigenvalue weighted by Gasteiger charge is 2.50. The lowest BCUT2D eigenvalue weighted by Gasteiger charge is -2.42. The quantitative estimate of drug-likeness (QED) is 0.782. The van der Waals surface area contributed by atoms with Crippen molar-refractivity contribution < 1.29 is 13.6 Å². The van der Waals surface area contributed by atoms with Gasteiger partial charge >= 0.3 is 0 Å². The van der Waals surface area contributed by atoms with Crippen molar-refractivity contribution in [3.63, 3.8) is 0 Å². The Bertz CT molecular complexity index is 651. The average molecular weight is 385 g/mol. The zero-order valence-corrected chi connectivity index (χ0v) is 15.9. The molecule has 3 nitrogen and oxygen atoms in total. The average Bonchev–Trinajstić information content (AvgIpc) is 3.26. The highest BCUT2D eigenvalue weighted by Crippen LogP contribution is 2.50. The zero-order chi connectivity index (χ0) is 17.4. The van der Waals surface area contributed by atoms with Gasteiger partial charge in [-0.1, -0.05) is 12.1 Å². The van der Waals surface area contributed by atoms with E-state index in [4.69, 9.17) is 0 Å². The minimum absolute atomic E-state index is 0. The van der Waals surface area contributed by atoms with E-state index in [1.165, 1.54) is 18.9 Å². The number of hydrogen-bond donors (Lipinski definition) is 0. The van der Waals surface area contributed by atoms with Gasteiger partial charge in [-0.25, -0.2) is 8.78 Å². The van der Waals surface area contributed by atoms with Crippen LogP contribution in [0.3, 0.4) is 0 Å². The molecule has 1 aromatic carbocycles. The van der Waals surface area contributed by atoms with Gasteiger partial charge in [0.05, 0.1) is 0 Å². The molecule has 2 aliphatic heterocycles. The minimum Gasteiger partial charge on any atom is -0.342 e. The summed E-state index contributed by atoms with van der Waals surface area (Å²) in [6.45, 7) is 4.22. The normalized spacial score (nSPS) is 28.7. The highest BCUT2D eigenvalue weighted by atomic mass is 35.5. The Balaban J connectivity index is 0.00000196. The van der Waals surface area contributed by atoms with E-state index in [0.717, 1.165) is 39.0 Å². The van der Waals surface area contributed by atoms with Gasteiger partial charge in [0.25, 0.3) is 0 Å². The molecule has 6 heteroatoms. The smallest absolute Gasteiger partial charge is 0.225 e. The number of amides is 1. The molecule has 1 aliphatic carbocycles. The standard InChI is InChI=1S/C20H26F2N2O.ClH/c21-18-11-17(6-5-15(18)14-23-7-1-2-8-23)20(22)12-16(13-20)19(25)24-9-3-4-10-24;/h5-6,11,16H,1-4,7-10,12-14H2;1H. The van der Waals surface area contributed by atoms with Gasteiger partial charge in [-0.3, -0.25) is 9.69 Å². The number of halogens is 3. The van der Waals surface area contributed by atoms with Crippen molar-refractivity contribution in [2.75, 3.05) is 26.2 Å². The third-order valence-corrected chi connectivity index (χ3v) is 6.07. The van der Waals surface area contributed by atoms with Crippen LogP contribution in [0.4, 0.5) is 8.78 Å². The van der Waals surface area contributed by atoms with Crippen LogP contribution in [0.25, 0.3) is 0 Å². The Morgan fingerprint density at radius 1 is 1.08 bits per heavy atom. The number of carbonyl (C=O) groups excluding carboxylic acids is 1. The lowest BCUT2D eigenvalue weighted by molar-refractivity contribution is -0.144. The molecule has 0 N–H and O–H groups in total. The third-order valence-electron chi connectivity index (χ3n) is 6.07. The molecule has 0 bridgehead atoms. The van der Waals surface area contributed by atoms with E-state index < -0.39 is 5.67 Å². The maximum atomic E-state index is 15.1. The number of benzene rings is 1. The van der Waals surface area contributed by atoms with E-state index in [1.807, 2.05) is 4.90 Å². The molecule has 0 aromatic heterocycles. The summed E-state index contributed by atoms with van der Waals surface area (Å²) in [5.74, 6) is -0.483. The van der Waals surface area contributed by atoms with E-state index in [9.17, 15) is 9.18 Å². The molecule has 2 saturated heterocycles. The first-order valence-electron chi connectivity index (χ1n) is 9.54. The second-order valence-electron chi connectivity index (χ2n) is 7.89. The van der Waals surface area contributed by atoms with Crippen LogP contribution >= 0.6 is 12.4 Å². The molecule has 144 valence electrons. The van der Waals surface area contributed by atoms with E-state index >= 15 is 4.39 Å². The van der Waals surface area contributed by atoms with E-state index in [-0.39, 0.29) is 42.9 Å². The van der Waals surface area contributed by atoms with Crippen LogP contribution in [0.5, 0.6) is 0 Å². The molecule has 1 saturated carbocycles. The van der Waals surface area contributed by atoms with Crippen LogP contribution in [-0.4, -0.2) is 41.9 Å². The minimum atomic E-state index is -1.55. The van der Waals surface area contributed by atoms with Crippen molar-refractivity contribution >= 4 is 18.3 Å². The van der Waals surface area contributed by atoms with Gasteiger partial charge in [-0.05, 0) is 63.2 Å². The first kappa shape index (κ1) is 19.6. The molecule has 0 atom stereocenters. The molecule has 2 heterocycles. The fraction of sp³-hybridized carbons (Fsp3) is 0.650. The first-order chi connectivity index (χ1) is 12.0. The van der Waals surface area contributed by atoms with Crippen molar-refractivity contribution in [1.29, 1.82) is 0 Å². The van der Waals surface area contributed by atoms with Gasteiger partial charge < -0.3 is 4.90 Å². The molecular formula is C20H27ClF2N2O. The molecule has 3 aliphatic rings. The summed E-state index contributed by atoms with van der Waals surface area (Å²) < 4.78 is 29.5. The Labute approximate surface area is 160 Å². The molecule has 3 fully saturated rings. The molecule has 0 unspecified atom stereocenters. The molecule has 1 amide bonds. The van der Waals surface area contributed by atoms with Crippen LogP contribution in [0.2, 0.25) is 0 Å². The van der Waals surface area contributed by atoms with Crippen molar-refractivity contribution in [2.24, 2.45) is 5.92 Å². The van der Waals surface area contributed by atoms with Crippen LogP contribution in [0.1, 0.15) is 49.7 Å². The van der Waals surface area contributed by atoms with E-state index in [0.29, 0.717) is 17.7 Å². The fourth-order valence-corrected chi connectivity index (χ4v) is 4.46. The van der Waals surface area contributed by atoms with Gasteiger partial charge in [-0.15, -0.1) is 12.4 Å². The number of alkyl halides is 1. The highest BCUT2D eigenvalue weighted by molar-refractivity contribution is 5.85. The van der Waals surface area contributed by atoms with Gasteiger partial charge in [0.1, 0.15) is 11.5 Å². The summed E-state index contributed by atoms with van der Waals surface area (Å²) in [6.07, 6.45) is 4.80. The van der Waals surface area contributed by atoms with Crippen LogP contribution in [0, 0.1) is 11.7 Å². The molecule has 4 rings (SSSR count). The summed E-state index contributed by atoms with van der Waals surface area (Å²) >= 11 is 0. The Hall–Kier alpha value is -1.20. The Morgan fingerprint density at radius 3 is 2.31 bits per heavy atom. The van der Waals surface area contributed by atoms with Crippen molar-refractivity contribution in [3.05, 3.63) is 35.1 Å². The molecule has 0 spiro atoms. The van der Waals surface area contributed by atoms with Gasteiger partial charge in [0.15, 0.2) is 0 Å². The lowest BCUT2D eigenvalue weighted by Crippen LogP contribution is -2.46. The molecule has 1 aromatic rings. The molecule has 26 heavy (non-hydrogen) atoms. The van der Waals surface area contributed by atoms with Crippen LogP contribution in [-0.2, 0) is 17.0 Å². The lowest BCUT2D eigenvalue weighted by atomic mass is 9.68.